The van der Waals surface area contributed by atoms with Gasteiger partial charge in [0.25, 0.3) is 0 Å². The molecule has 9 N–H and O–H groups in total. The predicted octanol–water partition coefficient (Wildman–Crippen LogP) is 13.3. The molecule has 10 atom stereocenters. The van der Waals surface area contributed by atoms with Crippen molar-refractivity contribution in [2.24, 2.45) is 0 Å². The van der Waals surface area contributed by atoms with E-state index in [9.17, 15) is 62.9 Å². The number of hydrogen-bond acceptors (Lipinski definition) is 16. The number of aliphatic hydroxyl groups excluding tert-OH is 2. The lowest BCUT2D eigenvalue weighted by atomic mass is 9.95. The number of amides is 3. The van der Waals surface area contributed by atoms with Crippen LogP contribution in [-0.4, -0.2) is 140 Å². The van der Waals surface area contributed by atoms with Crippen LogP contribution in [0.1, 0.15) is 323 Å². The van der Waals surface area contributed by atoms with Crippen molar-refractivity contribution in [1.82, 2.24) is 16.0 Å². The zero-order chi connectivity index (χ0) is 68.4. The lowest BCUT2D eigenvalue weighted by Gasteiger charge is -2.46. The van der Waals surface area contributed by atoms with Crippen LogP contribution in [0.25, 0.3) is 0 Å². The first-order valence-electron chi connectivity index (χ1n) is 36.7. The van der Waals surface area contributed by atoms with Gasteiger partial charge in [0, 0.05) is 25.7 Å². The van der Waals surface area contributed by atoms with Crippen LogP contribution in [-0.2, 0) is 65.8 Å². The number of unbranched alkanes of at least 4 members (excludes halogenated alkanes) is 38. The number of carbonyl (C=O) groups excluding carboxylic acids is 5. The highest BCUT2D eigenvalue weighted by atomic mass is 31.2. The normalized spacial score (nSPS) is 21.7. The first kappa shape index (κ1) is 86.5. The van der Waals surface area contributed by atoms with Gasteiger partial charge in [-0.3, -0.25) is 33.0 Å². The highest BCUT2D eigenvalue weighted by Gasteiger charge is 2.54. The Hall–Kier alpha value is -2.63. The van der Waals surface area contributed by atoms with Crippen molar-refractivity contribution in [2.75, 3.05) is 19.8 Å². The topological polar surface area (TPSA) is 342 Å². The Bertz CT molecular complexity index is 2040. The van der Waals surface area contributed by atoms with Crippen LogP contribution in [0.3, 0.4) is 0 Å². The van der Waals surface area contributed by atoms with Crippen molar-refractivity contribution in [3.63, 3.8) is 0 Å². The Labute approximate surface area is 558 Å². The van der Waals surface area contributed by atoms with E-state index in [0.717, 1.165) is 128 Å². The van der Waals surface area contributed by atoms with E-state index in [1.807, 2.05) is 0 Å². The zero-order valence-corrected chi connectivity index (χ0v) is 59.5. The zero-order valence-electron chi connectivity index (χ0n) is 57.7. The first-order valence-corrected chi connectivity index (χ1v) is 39.8. The van der Waals surface area contributed by atoms with Gasteiger partial charge in [0.15, 0.2) is 24.8 Å². The van der Waals surface area contributed by atoms with Gasteiger partial charge in [-0.15, -0.1) is 0 Å². The minimum absolute atomic E-state index is 0.0141. The lowest BCUT2D eigenvalue weighted by molar-refractivity contribution is -0.296. The van der Waals surface area contributed by atoms with Gasteiger partial charge in [0.2, 0.25) is 17.7 Å². The summed E-state index contributed by atoms with van der Waals surface area (Å²) >= 11 is 0. The molecule has 0 unspecified atom stereocenters. The molecule has 0 aromatic heterocycles. The monoisotopic (exact) mass is 1370 g/mol. The van der Waals surface area contributed by atoms with E-state index >= 15 is 0 Å². The fraction of sp³-hybridized carbons (Fsp3) is 0.926. The Balaban J connectivity index is 2.45. The average Bonchev–Trinajstić information content (AvgIpc) is 0.792. The maximum Gasteiger partial charge on any atom is 0.472 e. The summed E-state index contributed by atoms with van der Waals surface area (Å²) in [5, 5.41) is 30.8. The summed E-state index contributed by atoms with van der Waals surface area (Å²) in [6, 6.07) is -3.37. The number of phosphoric acid groups is 2. The number of carbonyl (C=O) groups is 5. The quantitative estimate of drug-likeness (QED) is 0.0155. The fourth-order valence-electron chi connectivity index (χ4n) is 12.1. The molecule has 2 aliphatic heterocycles. The second-order valence-corrected chi connectivity index (χ2v) is 28.4. The van der Waals surface area contributed by atoms with Gasteiger partial charge in [-0.1, -0.05) is 272 Å². The lowest BCUT2D eigenvalue weighted by Crippen LogP contribution is -2.68. The molecule has 0 saturated carbocycles. The predicted molar refractivity (Wildman–Crippen MR) is 358 cm³/mol. The van der Waals surface area contributed by atoms with Crippen molar-refractivity contribution in [3.05, 3.63) is 0 Å². The van der Waals surface area contributed by atoms with E-state index < -0.39 is 126 Å². The molecule has 0 bridgehead atoms. The number of hydrogen-bond donors (Lipinski definition) is 9. The molecule has 546 valence electrons. The third-order valence-corrected chi connectivity index (χ3v) is 18.6. The smallest absolute Gasteiger partial charge is 0.457 e. The molecule has 93 heavy (non-hydrogen) atoms. The van der Waals surface area contributed by atoms with Crippen LogP contribution < -0.4 is 16.0 Å². The molecule has 0 spiro atoms. The van der Waals surface area contributed by atoms with Gasteiger partial charge in [-0.05, 0) is 25.7 Å². The molecule has 0 radical (unpaired) electrons. The van der Waals surface area contributed by atoms with E-state index in [1.165, 1.54) is 103 Å². The number of phosphoric ester groups is 2. The van der Waals surface area contributed by atoms with E-state index in [-0.39, 0.29) is 25.7 Å². The average molecular weight is 1370 g/mol. The maximum absolute atomic E-state index is 14.0. The van der Waals surface area contributed by atoms with Crippen LogP contribution in [0.2, 0.25) is 0 Å². The van der Waals surface area contributed by atoms with Crippen molar-refractivity contribution in [3.8, 4) is 0 Å². The molecule has 2 saturated heterocycles. The standard InChI is InChI=1S/C68H129N3O20P2/c1-5-9-13-17-21-25-28-32-36-40-44-48-57(74)70-61-65(88-59(76)50-46-42-38-34-30-27-23-19-15-11-7-3)63(78)55(87-68(61)91-93(82,83)84)53-85-67-62(71-58(75)49-45-41-37-33-29-26-22-18-14-10-6-2)66(64(54(52-72)86-67)90-92(79,80)81)89-60(77)51-69-56(73)47-43-39-35-31-24-20-16-12-8-4/h54-55,61-68,72,78H,5-53H2,1-4H3,(H,69,73)(H,70,74)(H,71,75)(H2,79,80,81)(H2,82,83,84)/t54-,55-,61-,62-,63-,64-,65-,66-,67-,68-/m1/s1. The van der Waals surface area contributed by atoms with Crippen molar-refractivity contribution < 1.29 is 95.6 Å². The van der Waals surface area contributed by atoms with Gasteiger partial charge in [0.05, 0.1) is 13.2 Å². The summed E-state index contributed by atoms with van der Waals surface area (Å²) in [6.07, 6.45) is 27.9. The van der Waals surface area contributed by atoms with E-state index in [0.29, 0.717) is 38.5 Å². The second-order valence-electron chi connectivity index (χ2n) is 26.1. The van der Waals surface area contributed by atoms with E-state index in [2.05, 4.69) is 43.6 Å². The molecule has 0 aromatic rings. The van der Waals surface area contributed by atoms with Gasteiger partial charge >= 0.3 is 27.6 Å². The van der Waals surface area contributed by atoms with Crippen molar-refractivity contribution in [1.29, 1.82) is 0 Å². The molecule has 23 nitrogen and oxygen atoms in total. The molecule has 0 aliphatic carbocycles. The Kier molecular flexibility index (Phi) is 50.5. The summed E-state index contributed by atoms with van der Waals surface area (Å²) in [7, 11) is -11.0. The first-order chi connectivity index (χ1) is 44.8. The Morgan fingerprint density at radius 3 is 1.08 bits per heavy atom. The summed E-state index contributed by atoms with van der Waals surface area (Å²) in [6.45, 7) is 6.15. The van der Waals surface area contributed by atoms with Crippen LogP contribution in [0, 0.1) is 0 Å². The molecule has 2 rings (SSSR count). The maximum atomic E-state index is 14.0. The van der Waals surface area contributed by atoms with Crippen LogP contribution in [0.15, 0.2) is 0 Å². The molecular formula is C68H129N3O20P2. The molecule has 3 amide bonds. The van der Waals surface area contributed by atoms with Gasteiger partial charge in [-0.2, -0.15) is 0 Å². The van der Waals surface area contributed by atoms with Crippen molar-refractivity contribution >= 4 is 45.3 Å². The Morgan fingerprint density at radius 2 is 0.710 bits per heavy atom. The van der Waals surface area contributed by atoms with E-state index in [1.54, 1.807) is 0 Å². The number of nitrogens with one attached hydrogen (secondary N) is 3. The van der Waals surface area contributed by atoms with E-state index in [4.69, 9.17) is 32.7 Å². The highest BCUT2D eigenvalue weighted by Crippen LogP contribution is 2.44. The molecule has 25 heteroatoms. The molecule has 2 aliphatic rings. The highest BCUT2D eigenvalue weighted by molar-refractivity contribution is 7.46. The summed E-state index contributed by atoms with van der Waals surface area (Å²) in [5.74, 6) is -3.55. The van der Waals surface area contributed by atoms with Gasteiger partial charge in [-0.25, -0.2) is 9.13 Å². The second kappa shape index (κ2) is 54.3. The van der Waals surface area contributed by atoms with Crippen LogP contribution >= 0.6 is 15.6 Å². The number of aliphatic hydroxyl groups is 2. The fourth-order valence-corrected chi connectivity index (χ4v) is 13.2. The minimum atomic E-state index is -5.50. The van der Waals surface area contributed by atoms with Gasteiger partial charge < -0.3 is 69.4 Å². The van der Waals surface area contributed by atoms with Crippen LogP contribution in [0.4, 0.5) is 0 Å². The molecular weight excluding hydrogens is 1240 g/mol. The van der Waals surface area contributed by atoms with Crippen LogP contribution in [0.5, 0.6) is 0 Å². The third kappa shape index (κ3) is 43.4. The molecule has 0 aromatic carbocycles. The molecule has 2 fully saturated rings. The molecule has 2 heterocycles. The summed E-state index contributed by atoms with van der Waals surface area (Å²) < 4.78 is 65.7. The number of rotatable bonds is 60. The van der Waals surface area contributed by atoms with Gasteiger partial charge in [0.1, 0.15) is 43.0 Å². The Morgan fingerprint density at radius 1 is 0.387 bits per heavy atom. The third-order valence-electron chi connectivity index (χ3n) is 17.6. The number of esters is 2. The summed E-state index contributed by atoms with van der Waals surface area (Å²) in [5.41, 5.74) is 0. The van der Waals surface area contributed by atoms with Crippen molar-refractivity contribution in [2.45, 2.75) is 384 Å². The largest absolute Gasteiger partial charge is 0.472 e. The minimum Gasteiger partial charge on any atom is -0.457 e. The SMILES string of the molecule is CCCCCCCCCCCCCC(=O)N[C@H]1[C@H](OC[C@H]2O[C@H](OP(=O)(O)O)[C@H](NC(=O)CCCCCCCCCCCCC)[C@@H](OC(=O)CCCCCCCCCCCCC)[C@@H]2O)O[C@H](CO)[C@@H](OP(=O)(O)O)[C@@H]1OC(=O)CNC(=O)CCCCCCCCCCC. The number of ether oxygens (including phenoxy) is 5. The summed E-state index contributed by atoms with van der Waals surface area (Å²) in [4.78, 5) is 109.